The highest BCUT2D eigenvalue weighted by Crippen LogP contribution is 2.31. The lowest BCUT2D eigenvalue weighted by atomic mass is 9.88. The van der Waals surface area contributed by atoms with Gasteiger partial charge in [-0.1, -0.05) is 26.0 Å². The van der Waals surface area contributed by atoms with E-state index in [2.05, 4.69) is 32.0 Å². The lowest BCUT2D eigenvalue weighted by molar-refractivity contribution is 0.397. The second kappa shape index (κ2) is 7.39. The first-order valence-electron chi connectivity index (χ1n) is 6.73. The number of hydrogen-bond donors (Lipinski definition) is 2. The molecule has 1 aromatic rings. The van der Waals surface area contributed by atoms with Crippen LogP contribution in [0.2, 0.25) is 0 Å². The van der Waals surface area contributed by atoms with Gasteiger partial charge in [0.15, 0.2) is 0 Å². The molecule has 0 aliphatic carbocycles. The van der Waals surface area contributed by atoms with Crippen LogP contribution in [0.25, 0.3) is 0 Å². The third-order valence-electron chi connectivity index (χ3n) is 3.59. The fraction of sp³-hybridized carbons (Fsp3) is 0.600. The van der Waals surface area contributed by atoms with Crippen molar-refractivity contribution in [2.75, 3.05) is 20.2 Å². The Morgan fingerprint density at radius 1 is 1.22 bits per heavy atom. The zero-order valence-corrected chi connectivity index (χ0v) is 11.8. The number of aryl methyl sites for hydroxylation is 1. The molecule has 102 valence electrons. The molecule has 0 aliphatic heterocycles. The Bertz CT molecular complexity index is 362. The number of nitrogens with two attached hydrogens (primary N) is 2. The summed E-state index contributed by atoms with van der Waals surface area (Å²) in [4.78, 5) is 0. The first kappa shape index (κ1) is 15.0. The van der Waals surface area contributed by atoms with Crippen molar-refractivity contribution < 1.29 is 4.74 Å². The number of methoxy groups -OCH3 is 1. The number of ether oxygens (including phenoxy) is 1. The average Bonchev–Trinajstić information content (AvgIpc) is 2.43. The van der Waals surface area contributed by atoms with Gasteiger partial charge < -0.3 is 16.2 Å². The van der Waals surface area contributed by atoms with Crippen molar-refractivity contribution in [1.29, 1.82) is 0 Å². The summed E-state index contributed by atoms with van der Waals surface area (Å²) in [6.45, 7) is 5.68. The highest BCUT2D eigenvalue weighted by Gasteiger charge is 2.16. The predicted octanol–water partition coefficient (Wildman–Crippen LogP) is 2.28. The number of benzene rings is 1. The molecule has 4 N–H and O–H groups in total. The minimum absolute atomic E-state index is 0.384. The molecule has 0 saturated carbocycles. The molecule has 1 aromatic carbocycles. The Morgan fingerprint density at radius 2 is 1.89 bits per heavy atom. The van der Waals surface area contributed by atoms with Crippen LogP contribution >= 0.6 is 0 Å². The van der Waals surface area contributed by atoms with Gasteiger partial charge in [-0.2, -0.15) is 0 Å². The van der Waals surface area contributed by atoms with E-state index in [4.69, 9.17) is 16.2 Å². The first-order chi connectivity index (χ1) is 8.65. The van der Waals surface area contributed by atoms with Crippen molar-refractivity contribution >= 4 is 0 Å². The average molecular weight is 250 g/mol. The third kappa shape index (κ3) is 3.72. The molecule has 1 unspecified atom stereocenters. The second-order valence-corrected chi connectivity index (χ2v) is 4.90. The van der Waals surface area contributed by atoms with Crippen molar-refractivity contribution in [2.24, 2.45) is 17.4 Å². The smallest absolute Gasteiger partial charge is 0.122 e. The van der Waals surface area contributed by atoms with Gasteiger partial charge in [0.05, 0.1) is 7.11 Å². The molecule has 18 heavy (non-hydrogen) atoms. The van der Waals surface area contributed by atoms with Gasteiger partial charge >= 0.3 is 0 Å². The SMILES string of the molecule is CCc1ccc(OC)c(C(C)CC(CN)CN)c1. The Balaban J connectivity index is 2.91. The molecule has 1 atom stereocenters. The summed E-state index contributed by atoms with van der Waals surface area (Å²) in [6, 6.07) is 6.43. The molecule has 0 spiro atoms. The van der Waals surface area contributed by atoms with Gasteiger partial charge in [-0.25, -0.2) is 0 Å². The Morgan fingerprint density at radius 3 is 2.39 bits per heavy atom. The Labute approximate surface area is 111 Å². The monoisotopic (exact) mass is 250 g/mol. The highest BCUT2D eigenvalue weighted by atomic mass is 16.5. The molecule has 0 aliphatic rings. The van der Waals surface area contributed by atoms with Crippen molar-refractivity contribution in [3.8, 4) is 5.75 Å². The molecular weight excluding hydrogens is 224 g/mol. The van der Waals surface area contributed by atoms with Crippen LogP contribution in [0.4, 0.5) is 0 Å². The van der Waals surface area contributed by atoms with Crippen LogP contribution in [-0.2, 0) is 6.42 Å². The topological polar surface area (TPSA) is 61.3 Å². The van der Waals surface area contributed by atoms with E-state index in [1.54, 1.807) is 7.11 Å². The van der Waals surface area contributed by atoms with Crippen LogP contribution in [0.5, 0.6) is 5.75 Å². The van der Waals surface area contributed by atoms with E-state index < -0.39 is 0 Å². The lowest BCUT2D eigenvalue weighted by Gasteiger charge is -2.21. The summed E-state index contributed by atoms with van der Waals surface area (Å²) in [7, 11) is 1.72. The predicted molar refractivity (Wildman–Crippen MR) is 77.0 cm³/mol. The van der Waals surface area contributed by atoms with Crippen molar-refractivity contribution in [2.45, 2.75) is 32.6 Å². The van der Waals surface area contributed by atoms with Crippen LogP contribution < -0.4 is 16.2 Å². The van der Waals surface area contributed by atoms with Crippen LogP contribution in [0.1, 0.15) is 37.3 Å². The van der Waals surface area contributed by atoms with E-state index in [0.717, 1.165) is 18.6 Å². The van der Waals surface area contributed by atoms with Gasteiger partial charge in [-0.05, 0) is 55.0 Å². The summed E-state index contributed by atoms with van der Waals surface area (Å²) in [5.74, 6) is 1.77. The summed E-state index contributed by atoms with van der Waals surface area (Å²) in [5.41, 5.74) is 14.1. The summed E-state index contributed by atoms with van der Waals surface area (Å²) >= 11 is 0. The summed E-state index contributed by atoms with van der Waals surface area (Å²) in [5, 5.41) is 0. The maximum Gasteiger partial charge on any atom is 0.122 e. The molecule has 0 saturated heterocycles. The van der Waals surface area contributed by atoms with Gasteiger partial charge in [0.2, 0.25) is 0 Å². The highest BCUT2D eigenvalue weighted by molar-refractivity contribution is 5.39. The Hall–Kier alpha value is -1.06. The van der Waals surface area contributed by atoms with Crippen molar-refractivity contribution in [3.63, 3.8) is 0 Å². The van der Waals surface area contributed by atoms with Gasteiger partial charge in [-0.15, -0.1) is 0 Å². The lowest BCUT2D eigenvalue weighted by Crippen LogP contribution is -2.24. The van der Waals surface area contributed by atoms with Gasteiger partial charge in [0, 0.05) is 0 Å². The summed E-state index contributed by atoms with van der Waals surface area (Å²) in [6.07, 6.45) is 2.05. The van der Waals surface area contributed by atoms with Crippen LogP contribution in [0.15, 0.2) is 18.2 Å². The van der Waals surface area contributed by atoms with Gasteiger partial charge in [0.25, 0.3) is 0 Å². The van der Waals surface area contributed by atoms with E-state index in [1.807, 2.05) is 0 Å². The Kier molecular flexibility index (Phi) is 6.16. The molecule has 3 nitrogen and oxygen atoms in total. The maximum atomic E-state index is 5.73. The molecule has 0 aromatic heterocycles. The van der Waals surface area contributed by atoms with E-state index in [0.29, 0.717) is 24.9 Å². The normalized spacial score (nSPS) is 12.8. The summed E-state index contributed by atoms with van der Waals surface area (Å²) < 4.78 is 5.45. The molecule has 0 amide bonds. The molecular formula is C15H26N2O. The zero-order valence-electron chi connectivity index (χ0n) is 11.8. The van der Waals surface area contributed by atoms with Crippen molar-refractivity contribution in [1.82, 2.24) is 0 Å². The fourth-order valence-corrected chi connectivity index (χ4v) is 2.30. The number of rotatable bonds is 7. The standard InChI is InChI=1S/C15H26N2O/c1-4-12-5-6-15(18-3)14(8-12)11(2)7-13(9-16)10-17/h5-6,8,11,13H,4,7,9-10,16-17H2,1-3H3. The minimum atomic E-state index is 0.384. The van der Waals surface area contributed by atoms with Gasteiger partial charge in [0.1, 0.15) is 5.75 Å². The quantitative estimate of drug-likeness (QED) is 0.780. The molecule has 0 heterocycles. The van der Waals surface area contributed by atoms with Crippen molar-refractivity contribution in [3.05, 3.63) is 29.3 Å². The van der Waals surface area contributed by atoms with E-state index in [-0.39, 0.29) is 0 Å². The largest absolute Gasteiger partial charge is 0.496 e. The third-order valence-corrected chi connectivity index (χ3v) is 3.59. The minimum Gasteiger partial charge on any atom is -0.496 e. The first-order valence-corrected chi connectivity index (χ1v) is 6.73. The fourth-order valence-electron chi connectivity index (χ4n) is 2.30. The van der Waals surface area contributed by atoms with E-state index in [1.165, 1.54) is 11.1 Å². The molecule has 1 rings (SSSR count). The maximum absolute atomic E-state index is 5.73. The van der Waals surface area contributed by atoms with E-state index >= 15 is 0 Å². The molecule has 0 fully saturated rings. The van der Waals surface area contributed by atoms with E-state index in [9.17, 15) is 0 Å². The van der Waals surface area contributed by atoms with Gasteiger partial charge in [-0.3, -0.25) is 0 Å². The molecule has 0 bridgehead atoms. The molecule has 0 radical (unpaired) electrons. The van der Waals surface area contributed by atoms with Crippen LogP contribution in [0.3, 0.4) is 0 Å². The molecule has 3 heteroatoms. The van der Waals surface area contributed by atoms with Crippen LogP contribution in [-0.4, -0.2) is 20.2 Å². The van der Waals surface area contributed by atoms with Crippen LogP contribution in [0, 0.1) is 5.92 Å². The number of hydrogen-bond acceptors (Lipinski definition) is 3. The zero-order chi connectivity index (χ0) is 13.5. The second-order valence-electron chi connectivity index (χ2n) is 4.90.